The number of carbonyl (C=O) groups is 4. The van der Waals surface area contributed by atoms with Crippen LogP contribution >= 0.6 is 11.6 Å². The van der Waals surface area contributed by atoms with Crippen LogP contribution in [-0.2, 0) is 24.6 Å². The van der Waals surface area contributed by atoms with E-state index in [9.17, 15) is 19.5 Å². The van der Waals surface area contributed by atoms with Crippen molar-refractivity contribution in [2.45, 2.75) is 50.5 Å². The van der Waals surface area contributed by atoms with Crippen LogP contribution in [0.2, 0.25) is 5.02 Å². The van der Waals surface area contributed by atoms with Gasteiger partial charge < -0.3 is 5.11 Å². The maximum atomic E-state index is 15.4. The first-order valence-corrected chi connectivity index (χ1v) is 16.8. The normalized spacial score (nSPS) is 28.4. The Morgan fingerprint density at radius 2 is 1.54 bits per heavy atom. The number of amides is 4. The summed E-state index contributed by atoms with van der Waals surface area (Å²) in [4.78, 5) is 61.2. The summed E-state index contributed by atoms with van der Waals surface area (Å²) in [6, 6.07) is 27.2. The molecule has 2 aliphatic heterocycles. The molecular formula is C40H35ClN2O5. The van der Waals surface area contributed by atoms with E-state index >= 15 is 4.79 Å². The van der Waals surface area contributed by atoms with Crippen LogP contribution in [0.4, 0.5) is 5.69 Å². The zero-order valence-electron chi connectivity index (χ0n) is 26.9. The number of aromatic hydroxyl groups is 1. The van der Waals surface area contributed by atoms with E-state index in [1.807, 2.05) is 87.5 Å². The number of benzene rings is 4. The van der Waals surface area contributed by atoms with Crippen molar-refractivity contribution in [3.05, 3.63) is 119 Å². The van der Waals surface area contributed by atoms with Gasteiger partial charge in [-0.1, -0.05) is 90.0 Å². The molecule has 242 valence electrons. The average molecular weight is 659 g/mol. The van der Waals surface area contributed by atoms with Crippen LogP contribution in [0, 0.1) is 23.7 Å². The van der Waals surface area contributed by atoms with Crippen LogP contribution in [-0.4, -0.2) is 39.2 Å². The Kier molecular flexibility index (Phi) is 6.77. The quantitative estimate of drug-likeness (QED) is 0.186. The summed E-state index contributed by atoms with van der Waals surface area (Å²) in [6.07, 6.45) is 2.55. The highest BCUT2D eigenvalue weighted by Crippen LogP contribution is 2.66. The summed E-state index contributed by atoms with van der Waals surface area (Å²) in [5.41, 5.74) is 0.186. The molecule has 0 radical (unpaired) electrons. The number of allylic oxidation sites excluding steroid dienone is 2. The second-order valence-corrected chi connectivity index (χ2v) is 14.9. The molecule has 6 atom stereocenters. The molecular weight excluding hydrogens is 624 g/mol. The van der Waals surface area contributed by atoms with E-state index in [2.05, 4.69) is 0 Å². The molecule has 2 aliphatic carbocycles. The number of hydrogen-bond acceptors (Lipinski definition) is 5. The van der Waals surface area contributed by atoms with Gasteiger partial charge in [-0.3, -0.25) is 24.1 Å². The predicted octanol–water partition coefficient (Wildman–Crippen LogP) is 7.16. The molecule has 4 aromatic rings. The minimum Gasteiger partial charge on any atom is -0.508 e. The third-order valence-corrected chi connectivity index (χ3v) is 11.3. The minimum absolute atomic E-state index is 0.00280. The average Bonchev–Trinajstić information content (AvgIpc) is 3.46. The zero-order valence-corrected chi connectivity index (χ0v) is 27.6. The van der Waals surface area contributed by atoms with Gasteiger partial charge in [-0.25, -0.2) is 4.90 Å². The zero-order chi connectivity index (χ0) is 33.7. The maximum absolute atomic E-state index is 15.4. The van der Waals surface area contributed by atoms with Crippen LogP contribution in [0.5, 0.6) is 5.75 Å². The largest absolute Gasteiger partial charge is 0.508 e. The fourth-order valence-corrected chi connectivity index (χ4v) is 9.49. The van der Waals surface area contributed by atoms with Crippen molar-refractivity contribution >= 4 is 51.7 Å². The van der Waals surface area contributed by atoms with E-state index in [1.54, 1.807) is 30.3 Å². The predicted molar refractivity (Wildman–Crippen MR) is 183 cm³/mol. The molecule has 0 spiro atoms. The summed E-state index contributed by atoms with van der Waals surface area (Å²) < 4.78 is 0. The summed E-state index contributed by atoms with van der Waals surface area (Å²) in [5, 5.41) is 13.9. The fraction of sp³-hybridized carbons (Fsp3) is 0.300. The molecule has 0 bridgehead atoms. The molecule has 1 N–H and O–H groups in total. The Bertz CT molecular complexity index is 2080. The monoisotopic (exact) mass is 658 g/mol. The van der Waals surface area contributed by atoms with Crippen molar-refractivity contribution in [2.24, 2.45) is 23.7 Å². The molecule has 2 heterocycles. The van der Waals surface area contributed by atoms with Crippen LogP contribution in [0.1, 0.15) is 50.7 Å². The van der Waals surface area contributed by atoms with Gasteiger partial charge in [0, 0.05) is 22.0 Å². The van der Waals surface area contributed by atoms with Gasteiger partial charge in [-0.2, -0.15) is 0 Å². The van der Waals surface area contributed by atoms with Crippen LogP contribution in [0.25, 0.3) is 10.8 Å². The summed E-state index contributed by atoms with van der Waals surface area (Å²) >= 11 is 6.41. The Labute approximate surface area is 283 Å². The second kappa shape index (κ2) is 10.6. The van der Waals surface area contributed by atoms with E-state index in [0.717, 1.165) is 16.3 Å². The SMILES string of the molecule is CC(C)(C)N1C(=O)[C@H]2[C@H](CC=C3[C@H]2C[C@H]2C(=O)N(c4cccc(Cl)c4)C(=O)[C@@]2(c2ccccc2)[C@H]3c2c(O)ccc3ccccc23)C1=O. The molecule has 0 aromatic heterocycles. The molecule has 3 fully saturated rings. The third-order valence-electron chi connectivity index (χ3n) is 11.1. The second-order valence-electron chi connectivity index (χ2n) is 14.5. The van der Waals surface area contributed by atoms with Crippen molar-refractivity contribution in [2.75, 3.05) is 4.90 Å². The number of phenolic OH excluding ortho intramolecular Hbond substituents is 1. The molecule has 48 heavy (non-hydrogen) atoms. The minimum atomic E-state index is -1.47. The Morgan fingerprint density at radius 3 is 2.27 bits per heavy atom. The van der Waals surface area contributed by atoms with Crippen molar-refractivity contribution in [1.82, 2.24) is 4.90 Å². The number of phenols is 1. The Morgan fingerprint density at radius 1 is 0.812 bits per heavy atom. The molecule has 4 aromatic carbocycles. The number of halogens is 1. The number of likely N-dealkylation sites (tertiary alicyclic amines) is 1. The fourth-order valence-electron chi connectivity index (χ4n) is 9.31. The van der Waals surface area contributed by atoms with Gasteiger partial charge in [-0.05, 0) is 80.1 Å². The van der Waals surface area contributed by atoms with Gasteiger partial charge in [0.2, 0.25) is 23.6 Å². The van der Waals surface area contributed by atoms with E-state index in [0.29, 0.717) is 28.3 Å². The van der Waals surface area contributed by atoms with Gasteiger partial charge in [0.05, 0.1) is 28.9 Å². The number of fused-ring (bicyclic) bond motifs is 5. The molecule has 8 rings (SSSR count). The van der Waals surface area contributed by atoms with Gasteiger partial charge >= 0.3 is 0 Å². The molecule has 2 saturated heterocycles. The lowest BCUT2D eigenvalue weighted by Gasteiger charge is -2.51. The molecule has 4 amide bonds. The Balaban J connectivity index is 1.45. The lowest BCUT2D eigenvalue weighted by atomic mass is 9.48. The number of nitrogens with zero attached hydrogens (tertiary/aromatic N) is 2. The number of imide groups is 2. The van der Waals surface area contributed by atoms with Gasteiger partial charge in [0.25, 0.3) is 0 Å². The number of carbonyl (C=O) groups excluding carboxylic acids is 4. The van der Waals surface area contributed by atoms with Crippen molar-refractivity contribution < 1.29 is 24.3 Å². The first kappa shape index (κ1) is 30.6. The number of anilines is 1. The first-order valence-electron chi connectivity index (χ1n) is 16.4. The summed E-state index contributed by atoms with van der Waals surface area (Å²) in [7, 11) is 0. The molecule has 8 heteroatoms. The van der Waals surface area contributed by atoms with Gasteiger partial charge in [-0.15, -0.1) is 0 Å². The lowest BCUT2D eigenvalue weighted by Crippen LogP contribution is -2.53. The Hall–Kier alpha value is -4.75. The lowest BCUT2D eigenvalue weighted by molar-refractivity contribution is -0.145. The summed E-state index contributed by atoms with van der Waals surface area (Å²) in [6.45, 7) is 5.57. The topological polar surface area (TPSA) is 95.0 Å². The van der Waals surface area contributed by atoms with Crippen molar-refractivity contribution in [3.8, 4) is 5.75 Å². The van der Waals surface area contributed by atoms with Crippen molar-refractivity contribution in [1.29, 1.82) is 0 Å². The third kappa shape index (κ3) is 4.06. The first-order chi connectivity index (χ1) is 23.0. The highest BCUT2D eigenvalue weighted by atomic mass is 35.5. The molecule has 4 aliphatic rings. The molecule has 0 unspecified atom stereocenters. The maximum Gasteiger partial charge on any atom is 0.246 e. The highest BCUT2D eigenvalue weighted by molar-refractivity contribution is 6.32. The van der Waals surface area contributed by atoms with Crippen LogP contribution in [0.15, 0.2) is 103 Å². The summed E-state index contributed by atoms with van der Waals surface area (Å²) in [5.74, 6) is -4.71. The standard InChI is InChI=1S/C40H35ClN2O5/c1-39(2,3)43-35(45)28-18-17-27-29(32(28)37(43)47)21-30-36(46)42(25-14-9-13-24(41)20-25)38(48)40(30,23-11-5-4-6-12-23)34(27)33-26-15-8-7-10-22(26)16-19-31(33)44/h4-17,19-20,28-30,32,34,44H,18,21H2,1-3H3/t28-,29+,30-,32-,34+,40+/m0/s1. The van der Waals surface area contributed by atoms with E-state index in [4.69, 9.17) is 11.6 Å². The van der Waals surface area contributed by atoms with E-state index in [-0.39, 0.29) is 29.9 Å². The number of hydrogen-bond donors (Lipinski definition) is 1. The van der Waals surface area contributed by atoms with Gasteiger partial charge in [0.15, 0.2) is 0 Å². The highest BCUT2D eigenvalue weighted by Gasteiger charge is 2.71. The van der Waals surface area contributed by atoms with Crippen LogP contribution in [0.3, 0.4) is 0 Å². The molecule has 1 saturated carbocycles. The number of rotatable bonds is 3. The van der Waals surface area contributed by atoms with Gasteiger partial charge in [0.1, 0.15) is 5.75 Å². The van der Waals surface area contributed by atoms with Crippen molar-refractivity contribution in [3.63, 3.8) is 0 Å². The molecule has 7 nitrogen and oxygen atoms in total. The van der Waals surface area contributed by atoms with E-state index < -0.39 is 46.5 Å². The van der Waals surface area contributed by atoms with Crippen LogP contribution < -0.4 is 4.90 Å². The smallest absolute Gasteiger partial charge is 0.246 e. The van der Waals surface area contributed by atoms with E-state index in [1.165, 1.54) is 9.80 Å².